The summed E-state index contributed by atoms with van der Waals surface area (Å²) in [4.78, 5) is 2.39. The van der Waals surface area contributed by atoms with Crippen LogP contribution in [0.25, 0.3) is 0 Å². The maximum atomic E-state index is 10.1. The van der Waals surface area contributed by atoms with Gasteiger partial charge in [0.1, 0.15) is 0 Å². The molecule has 1 atom stereocenters. The van der Waals surface area contributed by atoms with E-state index in [2.05, 4.69) is 10.2 Å². The van der Waals surface area contributed by atoms with Gasteiger partial charge in [0.15, 0.2) is 0 Å². The Bertz CT molecular complexity index is 209. The molecular weight excluding hydrogens is 224 g/mol. The zero-order chi connectivity index (χ0) is 12.6. The molecule has 1 aliphatic heterocycles. The summed E-state index contributed by atoms with van der Waals surface area (Å²) in [6, 6.07) is 0.651. The van der Waals surface area contributed by atoms with E-state index in [1.54, 1.807) is 0 Å². The summed E-state index contributed by atoms with van der Waals surface area (Å²) in [7, 11) is 0. The number of nitrogens with zero attached hydrogens (tertiary/aromatic N) is 1. The maximum absolute atomic E-state index is 10.1. The molecule has 3 heteroatoms. The van der Waals surface area contributed by atoms with Crippen LogP contribution < -0.4 is 5.32 Å². The Labute approximate surface area is 112 Å². The van der Waals surface area contributed by atoms with Gasteiger partial charge in [0.2, 0.25) is 0 Å². The van der Waals surface area contributed by atoms with E-state index >= 15 is 0 Å². The molecule has 0 bridgehead atoms. The van der Waals surface area contributed by atoms with Gasteiger partial charge in [-0.2, -0.15) is 0 Å². The van der Waals surface area contributed by atoms with Gasteiger partial charge in [0.05, 0.1) is 6.10 Å². The van der Waals surface area contributed by atoms with E-state index in [-0.39, 0.29) is 6.10 Å². The fourth-order valence-electron chi connectivity index (χ4n) is 3.29. The largest absolute Gasteiger partial charge is 0.390 e. The Morgan fingerprint density at radius 2 is 1.56 bits per heavy atom. The molecule has 3 nitrogen and oxygen atoms in total. The van der Waals surface area contributed by atoms with Gasteiger partial charge in [-0.1, -0.05) is 32.1 Å². The zero-order valence-electron chi connectivity index (χ0n) is 11.7. The number of nitrogens with one attached hydrogen (secondary N) is 1. The highest BCUT2D eigenvalue weighted by atomic mass is 16.3. The molecule has 0 aromatic carbocycles. The first-order chi connectivity index (χ1) is 8.84. The smallest absolute Gasteiger partial charge is 0.0791 e. The third-order valence-corrected chi connectivity index (χ3v) is 4.41. The van der Waals surface area contributed by atoms with Crippen molar-refractivity contribution in [1.29, 1.82) is 0 Å². The Balaban J connectivity index is 1.59. The van der Waals surface area contributed by atoms with Gasteiger partial charge < -0.3 is 15.3 Å². The lowest BCUT2D eigenvalue weighted by atomic mass is 9.96. The molecule has 0 spiro atoms. The first-order valence-corrected chi connectivity index (χ1v) is 7.98. The van der Waals surface area contributed by atoms with Crippen LogP contribution in [0.5, 0.6) is 0 Å². The van der Waals surface area contributed by atoms with Crippen LogP contribution in [0.3, 0.4) is 0 Å². The van der Waals surface area contributed by atoms with E-state index in [1.165, 1.54) is 70.9 Å². The molecule has 2 N–H and O–H groups in total. The van der Waals surface area contributed by atoms with E-state index in [1.807, 2.05) is 0 Å². The maximum Gasteiger partial charge on any atom is 0.0791 e. The van der Waals surface area contributed by atoms with E-state index in [0.717, 1.165) is 13.1 Å². The van der Waals surface area contributed by atoms with Crippen LogP contribution in [0, 0.1) is 0 Å². The number of aliphatic hydroxyl groups is 1. The van der Waals surface area contributed by atoms with Crippen molar-refractivity contribution < 1.29 is 5.11 Å². The predicted molar refractivity (Wildman–Crippen MR) is 75.8 cm³/mol. The SMILES string of the molecule is OC(CNC1CCCCCCC1)CN1CCCC1. The summed E-state index contributed by atoms with van der Waals surface area (Å²) < 4.78 is 0. The van der Waals surface area contributed by atoms with Crippen LogP contribution in [0.15, 0.2) is 0 Å². The molecule has 0 aromatic heterocycles. The van der Waals surface area contributed by atoms with Crippen LogP contribution >= 0.6 is 0 Å². The number of likely N-dealkylation sites (tertiary alicyclic amines) is 1. The van der Waals surface area contributed by atoms with Crippen LogP contribution in [-0.4, -0.2) is 48.3 Å². The first kappa shape index (κ1) is 14.3. The highest BCUT2D eigenvalue weighted by molar-refractivity contribution is 4.75. The van der Waals surface area contributed by atoms with Crippen LogP contribution in [-0.2, 0) is 0 Å². The van der Waals surface area contributed by atoms with Crippen molar-refractivity contribution in [1.82, 2.24) is 10.2 Å². The molecule has 0 aromatic rings. The molecule has 0 radical (unpaired) electrons. The highest BCUT2D eigenvalue weighted by Gasteiger charge is 2.17. The van der Waals surface area contributed by atoms with Crippen LogP contribution in [0.4, 0.5) is 0 Å². The van der Waals surface area contributed by atoms with E-state index in [9.17, 15) is 5.11 Å². The summed E-state index contributed by atoms with van der Waals surface area (Å²) in [5.74, 6) is 0. The molecule has 18 heavy (non-hydrogen) atoms. The van der Waals surface area contributed by atoms with Gasteiger partial charge in [-0.15, -0.1) is 0 Å². The zero-order valence-corrected chi connectivity index (χ0v) is 11.7. The molecule has 2 rings (SSSR count). The quantitative estimate of drug-likeness (QED) is 0.789. The topological polar surface area (TPSA) is 35.5 Å². The molecule has 0 amide bonds. The fourth-order valence-corrected chi connectivity index (χ4v) is 3.29. The summed E-state index contributed by atoms with van der Waals surface area (Å²) >= 11 is 0. The molecule has 1 saturated carbocycles. The minimum absolute atomic E-state index is 0.187. The molecule has 1 saturated heterocycles. The van der Waals surface area contributed by atoms with Crippen molar-refractivity contribution in [2.45, 2.75) is 69.9 Å². The lowest BCUT2D eigenvalue weighted by molar-refractivity contribution is 0.119. The van der Waals surface area contributed by atoms with Crippen LogP contribution in [0.1, 0.15) is 57.8 Å². The van der Waals surface area contributed by atoms with E-state index in [4.69, 9.17) is 0 Å². The number of rotatable bonds is 5. The third kappa shape index (κ3) is 5.25. The minimum Gasteiger partial charge on any atom is -0.390 e. The molecule has 106 valence electrons. The van der Waals surface area contributed by atoms with Gasteiger partial charge in [-0.05, 0) is 38.8 Å². The van der Waals surface area contributed by atoms with E-state index in [0.29, 0.717) is 6.04 Å². The summed E-state index contributed by atoms with van der Waals surface area (Å²) in [5, 5.41) is 13.6. The first-order valence-electron chi connectivity index (χ1n) is 7.98. The second kappa shape index (κ2) is 8.13. The summed E-state index contributed by atoms with van der Waals surface area (Å²) in [5.41, 5.74) is 0. The minimum atomic E-state index is -0.187. The summed E-state index contributed by atoms with van der Waals surface area (Å²) in [6.07, 6.45) is 12.0. The molecule has 1 unspecified atom stereocenters. The molecule has 2 aliphatic rings. The number of aliphatic hydroxyl groups excluding tert-OH is 1. The lowest BCUT2D eigenvalue weighted by Gasteiger charge is -2.24. The Morgan fingerprint density at radius 3 is 2.22 bits per heavy atom. The average molecular weight is 254 g/mol. The third-order valence-electron chi connectivity index (χ3n) is 4.41. The standard InChI is InChI=1S/C15H30N2O/c18-15(13-17-10-6-7-11-17)12-16-14-8-4-2-1-3-5-9-14/h14-16,18H,1-13H2. The highest BCUT2D eigenvalue weighted by Crippen LogP contribution is 2.17. The molecule has 1 heterocycles. The second-order valence-corrected chi connectivity index (χ2v) is 6.11. The van der Waals surface area contributed by atoms with Crippen LogP contribution in [0.2, 0.25) is 0 Å². The normalized spacial score (nSPS) is 25.8. The van der Waals surface area contributed by atoms with Gasteiger partial charge >= 0.3 is 0 Å². The van der Waals surface area contributed by atoms with Crippen molar-refractivity contribution >= 4 is 0 Å². The number of β-amino-alcohol motifs (C(OH)–C–C–N with tert-alkyl or cyclic N) is 1. The molecular formula is C15H30N2O. The van der Waals surface area contributed by atoms with Crippen molar-refractivity contribution in [3.8, 4) is 0 Å². The lowest BCUT2D eigenvalue weighted by Crippen LogP contribution is -2.41. The Morgan fingerprint density at radius 1 is 0.944 bits per heavy atom. The van der Waals surface area contributed by atoms with Gasteiger partial charge in [-0.3, -0.25) is 0 Å². The van der Waals surface area contributed by atoms with Gasteiger partial charge in [0, 0.05) is 19.1 Å². The van der Waals surface area contributed by atoms with Crippen molar-refractivity contribution in [2.24, 2.45) is 0 Å². The fraction of sp³-hybridized carbons (Fsp3) is 1.00. The van der Waals surface area contributed by atoms with Crippen molar-refractivity contribution in [3.05, 3.63) is 0 Å². The van der Waals surface area contributed by atoms with Crippen molar-refractivity contribution in [3.63, 3.8) is 0 Å². The molecule has 2 fully saturated rings. The Kier molecular flexibility index (Phi) is 6.46. The van der Waals surface area contributed by atoms with Gasteiger partial charge in [-0.25, -0.2) is 0 Å². The summed E-state index contributed by atoms with van der Waals surface area (Å²) in [6.45, 7) is 4.00. The van der Waals surface area contributed by atoms with E-state index < -0.39 is 0 Å². The second-order valence-electron chi connectivity index (χ2n) is 6.11. The molecule has 1 aliphatic carbocycles. The average Bonchev–Trinajstić information content (AvgIpc) is 2.80. The Hall–Kier alpha value is -0.120. The van der Waals surface area contributed by atoms with Crippen molar-refractivity contribution in [2.75, 3.05) is 26.2 Å². The monoisotopic (exact) mass is 254 g/mol. The number of hydrogen-bond donors (Lipinski definition) is 2. The van der Waals surface area contributed by atoms with Gasteiger partial charge in [0.25, 0.3) is 0 Å². The predicted octanol–water partition coefficient (Wildman–Crippen LogP) is 2.15. The number of hydrogen-bond acceptors (Lipinski definition) is 3.